The molecule has 0 spiro atoms. The zero-order chi connectivity index (χ0) is 12.3. The molecule has 0 heterocycles. The second kappa shape index (κ2) is 4.45. The summed E-state index contributed by atoms with van der Waals surface area (Å²) in [6, 6.07) is 6.51. The number of hydrogen-bond donors (Lipinski definition) is 1. The molecule has 2 N–H and O–H groups in total. The number of nitro benzene ring substituents is 1. The van der Waals surface area contributed by atoms with Crippen molar-refractivity contribution in [1.29, 1.82) is 5.26 Å². The number of aryl methyl sites for hydroxylation is 1. The first kappa shape index (κ1) is 11.7. The summed E-state index contributed by atoms with van der Waals surface area (Å²) in [6.45, 7) is 3.34. The lowest BCUT2D eigenvalue weighted by atomic mass is 10.0. The van der Waals surface area contributed by atoms with Crippen LogP contribution < -0.4 is 5.73 Å². The molecule has 0 aliphatic heterocycles. The van der Waals surface area contributed by atoms with E-state index in [4.69, 9.17) is 11.0 Å². The quantitative estimate of drug-likeness (QED) is 0.466. The van der Waals surface area contributed by atoms with Crippen LogP contribution in [0.3, 0.4) is 0 Å². The minimum atomic E-state index is -0.508. The monoisotopic (exact) mass is 217 g/mol. The Hall–Kier alpha value is -2.35. The number of benzene rings is 1. The zero-order valence-corrected chi connectivity index (χ0v) is 9.02. The topological polar surface area (TPSA) is 93.0 Å². The summed E-state index contributed by atoms with van der Waals surface area (Å²) >= 11 is 0. The van der Waals surface area contributed by atoms with E-state index in [0.29, 0.717) is 5.56 Å². The lowest BCUT2D eigenvalue weighted by Gasteiger charge is -2.05. The zero-order valence-electron chi connectivity index (χ0n) is 9.02. The third-order valence-corrected chi connectivity index (χ3v) is 2.21. The van der Waals surface area contributed by atoms with Gasteiger partial charge in [-0.25, -0.2) is 0 Å². The van der Waals surface area contributed by atoms with E-state index in [9.17, 15) is 10.1 Å². The number of nitrogens with zero attached hydrogens (tertiary/aromatic N) is 2. The van der Waals surface area contributed by atoms with E-state index < -0.39 is 4.92 Å². The number of rotatable bonds is 2. The number of nitrogens with two attached hydrogens (primary N) is 1. The van der Waals surface area contributed by atoms with Crippen LogP contribution in [0.2, 0.25) is 0 Å². The molecule has 0 fully saturated rings. The summed E-state index contributed by atoms with van der Waals surface area (Å²) in [5, 5.41) is 19.5. The molecule has 0 aliphatic carbocycles. The fourth-order valence-electron chi connectivity index (χ4n) is 1.29. The van der Waals surface area contributed by atoms with Gasteiger partial charge in [-0.05, 0) is 25.5 Å². The fourth-order valence-corrected chi connectivity index (χ4v) is 1.29. The van der Waals surface area contributed by atoms with Crippen molar-refractivity contribution in [2.24, 2.45) is 5.73 Å². The number of allylic oxidation sites excluding steroid dienone is 1. The van der Waals surface area contributed by atoms with Gasteiger partial charge in [-0.2, -0.15) is 5.26 Å². The standard InChI is InChI=1S/C11H11N3O2/c1-7-3-4-10(14(15)16)9(5-7)11(13)8(2)6-12/h3-5H,13H2,1-2H3/b11-8-. The smallest absolute Gasteiger partial charge is 0.278 e. The van der Waals surface area contributed by atoms with Crippen LogP contribution >= 0.6 is 0 Å². The van der Waals surface area contributed by atoms with Crippen molar-refractivity contribution in [1.82, 2.24) is 0 Å². The molecule has 0 radical (unpaired) electrons. The molecule has 1 aromatic carbocycles. The van der Waals surface area contributed by atoms with Crippen LogP contribution in [0.4, 0.5) is 5.69 Å². The summed E-state index contributed by atoms with van der Waals surface area (Å²) in [6.07, 6.45) is 0. The summed E-state index contributed by atoms with van der Waals surface area (Å²) in [4.78, 5) is 10.3. The van der Waals surface area contributed by atoms with Crippen LogP contribution in [-0.4, -0.2) is 4.92 Å². The molecule has 5 heteroatoms. The predicted octanol–water partition coefficient (Wildman–Crippen LogP) is 2.12. The Morgan fingerprint density at radius 3 is 2.69 bits per heavy atom. The fraction of sp³-hybridized carbons (Fsp3) is 0.182. The second-order valence-corrected chi connectivity index (χ2v) is 3.43. The lowest BCUT2D eigenvalue weighted by Crippen LogP contribution is -2.03. The first-order valence-electron chi connectivity index (χ1n) is 4.59. The van der Waals surface area contributed by atoms with Gasteiger partial charge in [0.25, 0.3) is 5.69 Å². The maximum atomic E-state index is 10.8. The summed E-state index contributed by atoms with van der Waals surface area (Å²) in [5.74, 6) is 0. The van der Waals surface area contributed by atoms with Crippen molar-refractivity contribution in [3.63, 3.8) is 0 Å². The van der Waals surface area contributed by atoms with Gasteiger partial charge in [0.1, 0.15) is 0 Å². The van der Waals surface area contributed by atoms with Gasteiger partial charge in [-0.1, -0.05) is 6.07 Å². The van der Waals surface area contributed by atoms with Gasteiger partial charge in [0.05, 0.1) is 27.8 Å². The molecule has 1 rings (SSSR count). The Labute approximate surface area is 93.0 Å². The summed E-state index contributed by atoms with van der Waals surface area (Å²) in [5.41, 5.74) is 7.20. The minimum Gasteiger partial charge on any atom is -0.397 e. The van der Waals surface area contributed by atoms with Gasteiger partial charge in [0, 0.05) is 6.07 Å². The number of nitriles is 1. The summed E-state index contributed by atoms with van der Waals surface area (Å²) in [7, 11) is 0. The van der Waals surface area contributed by atoms with Gasteiger partial charge < -0.3 is 5.73 Å². The van der Waals surface area contributed by atoms with E-state index in [2.05, 4.69) is 0 Å². The van der Waals surface area contributed by atoms with Crippen LogP contribution in [0.1, 0.15) is 18.1 Å². The van der Waals surface area contributed by atoms with Crippen molar-refractivity contribution in [2.45, 2.75) is 13.8 Å². The maximum absolute atomic E-state index is 10.8. The molecule has 0 saturated carbocycles. The highest BCUT2D eigenvalue weighted by atomic mass is 16.6. The van der Waals surface area contributed by atoms with E-state index in [1.165, 1.54) is 13.0 Å². The minimum absolute atomic E-state index is 0.0855. The molecular weight excluding hydrogens is 206 g/mol. The van der Waals surface area contributed by atoms with Crippen LogP contribution in [0.25, 0.3) is 5.70 Å². The molecule has 0 unspecified atom stereocenters. The van der Waals surface area contributed by atoms with Crippen LogP contribution in [-0.2, 0) is 0 Å². The first-order chi connectivity index (χ1) is 7.47. The molecule has 0 aliphatic rings. The van der Waals surface area contributed by atoms with Crippen molar-refractivity contribution < 1.29 is 4.92 Å². The molecule has 16 heavy (non-hydrogen) atoms. The van der Waals surface area contributed by atoms with Gasteiger partial charge in [0.2, 0.25) is 0 Å². The van der Waals surface area contributed by atoms with Crippen LogP contribution in [0, 0.1) is 28.4 Å². The molecule has 0 bridgehead atoms. The van der Waals surface area contributed by atoms with Gasteiger partial charge in [0.15, 0.2) is 0 Å². The molecule has 1 aromatic rings. The predicted molar refractivity (Wildman–Crippen MR) is 60.2 cm³/mol. The van der Waals surface area contributed by atoms with Gasteiger partial charge in [-0.3, -0.25) is 10.1 Å². The molecule has 0 saturated heterocycles. The SMILES string of the molecule is C/C(C#N)=C(/N)c1cc(C)ccc1[N+](=O)[O-]. The molecule has 0 atom stereocenters. The highest BCUT2D eigenvalue weighted by molar-refractivity contribution is 5.75. The van der Waals surface area contributed by atoms with Gasteiger partial charge >= 0.3 is 0 Å². The van der Waals surface area contributed by atoms with Crippen LogP contribution in [0.5, 0.6) is 0 Å². The number of nitro groups is 1. The highest BCUT2D eigenvalue weighted by Gasteiger charge is 2.16. The first-order valence-corrected chi connectivity index (χ1v) is 4.59. The van der Waals surface area contributed by atoms with E-state index in [1.807, 2.05) is 13.0 Å². The lowest BCUT2D eigenvalue weighted by molar-refractivity contribution is -0.385. The van der Waals surface area contributed by atoms with E-state index in [-0.39, 0.29) is 17.0 Å². The Balaban J connectivity index is 3.49. The number of hydrogen-bond acceptors (Lipinski definition) is 4. The van der Waals surface area contributed by atoms with Gasteiger partial charge in [-0.15, -0.1) is 0 Å². The molecular formula is C11H11N3O2. The average Bonchev–Trinajstić information content (AvgIpc) is 2.26. The third-order valence-electron chi connectivity index (χ3n) is 2.21. The normalized spacial score (nSPS) is 11.6. The molecule has 0 aromatic heterocycles. The van der Waals surface area contributed by atoms with E-state index in [0.717, 1.165) is 5.56 Å². The Morgan fingerprint density at radius 2 is 2.19 bits per heavy atom. The van der Waals surface area contributed by atoms with Crippen molar-refractivity contribution in [2.75, 3.05) is 0 Å². The second-order valence-electron chi connectivity index (χ2n) is 3.43. The summed E-state index contributed by atoms with van der Waals surface area (Å²) < 4.78 is 0. The molecule has 82 valence electrons. The van der Waals surface area contributed by atoms with E-state index >= 15 is 0 Å². The Morgan fingerprint density at radius 1 is 1.56 bits per heavy atom. The highest BCUT2D eigenvalue weighted by Crippen LogP contribution is 2.25. The Kier molecular flexibility index (Phi) is 3.26. The third kappa shape index (κ3) is 2.17. The largest absolute Gasteiger partial charge is 0.397 e. The molecule has 5 nitrogen and oxygen atoms in total. The molecule has 0 amide bonds. The van der Waals surface area contributed by atoms with Crippen molar-refractivity contribution in [3.05, 3.63) is 45.0 Å². The van der Waals surface area contributed by atoms with Crippen LogP contribution in [0.15, 0.2) is 23.8 Å². The Bertz CT molecular complexity index is 512. The van der Waals surface area contributed by atoms with Crippen molar-refractivity contribution in [3.8, 4) is 6.07 Å². The average molecular weight is 217 g/mol. The maximum Gasteiger partial charge on any atom is 0.278 e. The van der Waals surface area contributed by atoms with Crippen molar-refractivity contribution >= 4 is 11.4 Å². The van der Waals surface area contributed by atoms with E-state index in [1.54, 1.807) is 12.1 Å².